The average molecular weight is 325 g/mol. The van der Waals surface area contributed by atoms with Gasteiger partial charge in [0, 0.05) is 10.2 Å². The third kappa shape index (κ3) is 2.99. The lowest BCUT2D eigenvalue weighted by Gasteiger charge is -1.97. The van der Waals surface area contributed by atoms with Gasteiger partial charge in [0.25, 0.3) is 5.56 Å². The maximum atomic E-state index is 11.6. The number of aromatic amines is 2. The summed E-state index contributed by atoms with van der Waals surface area (Å²) >= 11 is 8.18. The molecule has 5 nitrogen and oxygen atoms in total. The Morgan fingerprint density at radius 2 is 1.83 bits per heavy atom. The topological polar surface area (TPSA) is 73.4 Å². The number of benzene rings is 1. The predicted octanol–water partition coefficient (Wildman–Crippen LogP) is 3.92. The second-order valence-corrected chi connectivity index (χ2v) is 4.88. The van der Waals surface area contributed by atoms with Crippen LogP contribution in [-0.4, -0.2) is 9.97 Å². The standard InChI is InChI=1S/C11H9BrN4OS/c1-6-9(10(17)14-11(18)13-6)16-15-8-4-2-7(12)3-5-8/h2-5H,1H3,(H2,13,14,17,18). The molecule has 0 amide bonds. The fourth-order valence-electron chi connectivity index (χ4n) is 1.33. The molecular weight excluding hydrogens is 316 g/mol. The Kier molecular flexibility index (Phi) is 3.83. The summed E-state index contributed by atoms with van der Waals surface area (Å²) in [7, 11) is 0. The van der Waals surface area contributed by atoms with Gasteiger partial charge in [0.15, 0.2) is 10.5 Å². The molecule has 0 fully saturated rings. The number of hydrogen-bond donors (Lipinski definition) is 2. The van der Waals surface area contributed by atoms with Gasteiger partial charge < -0.3 is 4.98 Å². The van der Waals surface area contributed by atoms with Crippen LogP contribution in [0.5, 0.6) is 0 Å². The van der Waals surface area contributed by atoms with Crippen LogP contribution in [-0.2, 0) is 0 Å². The van der Waals surface area contributed by atoms with Crippen molar-refractivity contribution in [3.8, 4) is 0 Å². The van der Waals surface area contributed by atoms with E-state index >= 15 is 0 Å². The molecule has 0 aliphatic carbocycles. The van der Waals surface area contributed by atoms with E-state index in [0.29, 0.717) is 11.4 Å². The molecule has 2 aromatic rings. The van der Waals surface area contributed by atoms with Gasteiger partial charge in [0.1, 0.15) is 0 Å². The zero-order valence-electron chi connectivity index (χ0n) is 9.40. The molecule has 0 aliphatic heterocycles. The van der Waals surface area contributed by atoms with E-state index in [1.54, 1.807) is 19.1 Å². The lowest BCUT2D eigenvalue weighted by atomic mass is 10.3. The molecule has 2 N–H and O–H groups in total. The quantitative estimate of drug-likeness (QED) is 0.649. The van der Waals surface area contributed by atoms with Gasteiger partial charge in [0.2, 0.25) is 0 Å². The van der Waals surface area contributed by atoms with Gasteiger partial charge in [-0.3, -0.25) is 9.78 Å². The first-order valence-electron chi connectivity index (χ1n) is 5.07. The Morgan fingerprint density at radius 1 is 1.17 bits per heavy atom. The molecule has 1 aromatic carbocycles. The van der Waals surface area contributed by atoms with Crippen LogP contribution >= 0.6 is 28.1 Å². The second kappa shape index (κ2) is 5.36. The summed E-state index contributed by atoms with van der Waals surface area (Å²) in [6, 6.07) is 7.29. The highest BCUT2D eigenvalue weighted by atomic mass is 79.9. The SMILES string of the molecule is Cc1[nH]c(=S)[nH]c(=O)c1N=Nc1ccc(Br)cc1. The van der Waals surface area contributed by atoms with Crippen LogP contribution in [0.3, 0.4) is 0 Å². The minimum Gasteiger partial charge on any atom is -0.334 e. The van der Waals surface area contributed by atoms with Crippen molar-refractivity contribution in [2.45, 2.75) is 6.92 Å². The Morgan fingerprint density at radius 3 is 2.44 bits per heavy atom. The summed E-state index contributed by atoms with van der Waals surface area (Å²) < 4.78 is 1.24. The zero-order valence-corrected chi connectivity index (χ0v) is 11.8. The van der Waals surface area contributed by atoms with Gasteiger partial charge in [-0.1, -0.05) is 15.9 Å². The second-order valence-electron chi connectivity index (χ2n) is 3.56. The highest BCUT2D eigenvalue weighted by molar-refractivity contribution is 9.10. The van der Waals surface area contributed by atoms with Crippen LogP contribution in [0.2, 0.25) is 0 Å². The van der Waals surface area contributed by atoms with Gasteiger partial charge >= 0.3 is 0 Å². The third-order valence-corrected chi connectivity index (χ3v) is 2.92. The molecule has 0 aliphatic rings. The summed E-state index contributed by atoms with van der Waals surface area (Å²) in [5.41, 5.74) is 1.13. The fourth-order valence-corrected chi connectivity index (χ4v) is 1.84. The summed E-state index contributed by atoms with van der Waals surface area (Å²) in [5, 5.41) is 7.93. The van der Waals surface area contributed by atoms with Crippen molar-refractivity contribution < 1.29 is 0 Å². The van der Waals surface area contributed by atoms with Gasteiger partial charge in [-0.15, -0.1) is 5.11 Å². The van der Waals surface area contributed by atoms with Gasteiger partial charge in [0.05, 0.1) is 5.69 Å². The van der Waals surface area contributed by atoms with E-state index in [4.69, 9.17) is 12.2 Å². The van der Waals surface area contributed by atoms with Crippen LogP contribution in [0, 0.1) is 11.7 Å². The van der Waals surface area contributed by atoms with E-state index in [0.717, 1.165) is 4.47 Å². The molecule has 92 valence electrons. The van der Waals surface area contributed by atoms with Crippen LogP contribution in [0.25, 0.3) is 0 Å². The first kappa shape index (κ1) is 12.8. The number of nitrogens with one attached hydrogen (secondary N) is 2. The minimum absolute atomic E-state index is 0.228. The molecule has 0 radical (unpaired) electrons. The van der Waals surface area contributed by atoms with E-state index in [-0.39, 0.29) is 16.0 Å². The molecular formula is C11H9BrN4OS. The van der Waals surface area contributed by atoms with Crippen LogP contribution in [0.4, 0.5) is 11.4 Å². The first-order valence-corrected chi connectivity index (χ1v) is 6.27. The lowest BCUT2D eigenvalue weighted by molar-refractivity contribution is 1.01. The molecule has 0 saturated carbocycles. The molecule has 0 saturated heterocycles. The Hall–Kier alpha value is -1.60. The van der Waals surface area contributed by atoms with E-state index in [2.05, 4.69) is 36.1 Å². The Labute approximate surface area is 116 Å². The zero-order chi connectivity index (χ0) is 13.1. The van der Waals surface area contributed by atoms with Crippen LogP contribution < -0.4 is 5.56 Å². The average Bonchev–Trinajstić information content (AvgIpc) is 2.30. The first-order chi connectivity index (χ1) is 8.56. The monoisotopic (exact) mass is 324 g/mol. The number of aryl methyl sites for hydroxylation is 1. The number of halogens is 1. The molecule has 2 rings (SSSR count). The molecule has 0 bridgehead atoms. The van der Waals surface area contributed by atoms with E-state index < -0.39 is 0 Å². The Balaban J connectivity index is 2.38. The van der Waals surface area contributed by atoms with Gasteiger partial charge in [-0.05, 0) is 43.4 Å². The molecule has 1 aromatic heterocycles. The smallest absolute Gasteiger partial charge is 0.279 e. The van der Waals surface area contributed by atoms with Crippen molar-refractivity contribution in [1.29, 1.82) is 0 Å². The highest BCUT2D eigenvalue weighted by Crippen LogP contribution is 2.19. The molecule has 0 spiro atoms. The van der Waals surface area contributed by atoms with Crippen molar-refractivity contribution >= 4 is 39.5 Å². The Bertz CT molecular complexity index is 702. The van der Waals surface area contributed by atoms with Crippen molar-refractivity contribution in [2.75, 3.05) is 0 Å². The highest BCUT2D eigenvalue weighted by Gasteiger charge is 2.02. The third-order valence-electron chi connectivity index (χ3n) is 2.19. The van der Waals surface area contributed by atoms with E-state index in [9.17, 15) is 4.79 Å². The molecule has 0 atom stereocenters. The van der Waals surface area contributed by atoms with Crippen molar-refractivity contribution in [3.05, 3.63) is 49.6 Å². The lowest BCUT2D eigenvalue weighted by Crippen LogP contribution is -2.08. The largest absolute Gasteiger partial charge is 0.334 e. The molecule has 1 heterocycles. The van der Waals surface area contributed by atoms with Crippen molar-refractivity contribution in [1.82, 2.24) is 9.97 Å². The molecule has 18 heavy (non-hydrogen) atoms. The van der Waals surface area contributed by atoms with Crippen LogP contribution in [0.15, 0.2) is 43.8 Å². The number of hydrogen-bond acceptors (Lipinski definition) is 4. The summed E-state index contributed by atoms with van der Waals surface area (Å²) in [6.45, 7) is 1.72. The van der Waals surface area contributed by atoms with E-state index in [1.165, 1.54) is 0 Å². The number of H-pyrrole nitrogens is 2. The summed E-state index contributed by atoms with van der Waals surface area (Å²) in [6.07, 6.45) is 0. The van der Waals surface area contributed by atoms with Crippen LogP contribution in [0.1, 0.15) is 5.69 Å². The van der Waals surface area contributed by atoms with Gasteiger partial charge in [-0.2, -0.15) is 5.11 Å². The van der Waals surface area contributed by atoms with Gasteiger partial charge in [-0.25, -0.2) is 0 Å². The summed E-state index contributed by atoms with van der Waals surface area (Å²) in [4.78, 5) is 16.9. The minimum atomic E-state index is -0.350. The number of rotatable bonds is 2. The fraction of sp³-hybridized carbons (Fsp3) is 0.0909. The number of nitrogens with zero attached hydrogens (tertiary/aromatic N) is 2. The van der Waals surface area contributed by atoms with Crippen molar-refractivity contribution in [3.63, 3.8) is 0 Å². The summed E-state index contributed by atoms with van der Waals surface area (Å²) in [5.74, 6) is 0. The van der Waals surface area contributed by atoms with E-state index in [1.807, 2.05) is 12.1 Å². The molecule has 0 unspecified atom stereocenters. The number of aromatic nitrogens is 2. The van der Waals surface area contributed by atoms with Crippen molar-refractivity contribution in [2.24, 2.45) is 10.2 Å². The predicted molar refractivity (Wildman–Crippen MR) is 75.3 cm³/mol. The number of azo groups is 1. The maximum absolute atomic E-state index is 11.6. The normalized spacial score (nSPS) is 11.0. The maximum Gasteiger partial charge on any atom is 0.279 e. The molecule has 7 heteroatoms.